The van der Waals surface area contributed by atoms with Crippen LogP contribution in [-0.4, -0.2) is 37.2 Å². The second-order valence-electron chi connectivity index (χ2n) is 18.9. The fourth-order valence-electron chi connectivity index (χ4n) is 8.01. The van der Waals surface area contributed by atoms with Crippen molar-refractivity contribution in [3.63, 3.8) is 0 Å². The maximum Gasteiger partial charge on any atom is 0.306 e. The van der Waals surface area contributed by atoms with E-state index >= 15 is 0 Å². The summed E-state index contributed by atoms with van der Waals surface area (Å²) in [4.78, 5) is 38.1. The van der Waals surface area contributed by atoms with Gasteiger partial charge in [-0.25, -0.2) is 0 Å². The Morgan fingerprint density at radius 3 is 0.892 bits per heavy atom. The number of unbranched alkanes of at least 4 members (excludes halogenated alkanes) is 33. The Labute approximate surface area is 403 Å². The van der Waals surface area contributed by atoms with E-state index in [1.165, 1.54) is 161 Å². The molecule has 0 fully saturated rings. The van der Waals surface area contributed by atoms with E-state index in [9.17, 15) is 14.4 Å². The minimum atomic E-state index is -0.787. The molecule has 0 spiro atoms. The van der Waals surface area contributed by atoms with Gasteiger partial charge in [0.1, 0.15) is 13.2 Å². The van der Waals surface area contributed by atoms with Crippen LogP contribution in [0.1, 0.15) is 290 Å². The topological polar surface area (TPSA) is 78.9 Å². The van der Waals surface area contributed by atoms with Gasteiger partial charge in [0, 0.05) is 19.3 Å². The van der Waals surface area contributed by atoms with E-state index in [2.05, 4.69) is 69.4 Å². The summed E-state index contributed by atoms with van der Waals surface area (Å²) in [6, 6.07) is 0. The number of esters is 3. The summed E-state index contributed by atoms with van der Waals surface area (Å²) in [7, 11) is 0. The van der Waals surface area contributed by atoms with Gasteiger partial charge in [-0.05, 0) is 96.3 Å². The fourth-order valence-corrected chi connectivity index (χ4v) is 8.01. The lowest BCUT2D eigenvalue weighted by molar-refractivity contribution is -0.167. The van der Waals surface area contributed by atoms with Gasteiger partial charge in [-0.1, -0.05) is 223 Å². The van der Waals surface area contributed by atoms with Gasteiger partial charge in [0.2, 0.25) is 0 Å². The van der Waals surface area contributed by atoms with Crippen molar-refractivity contribution in [2.24, 2.45) is 0 Å². The molecule has 1 atom stereocenters. The monoisotopic (exact) mass is 911 g/mol. The third-order valence-corrected chi connectivity index (χ3v) is 12.3. The van der Waals surface area contributed by atoms with Crippen LogP contribution in [0.4, 0.5) is 0 Å². The van der Waals surface area contributed by atoms with Crippen molar-refractivity contribution in [1.82, 2.24) is 0 Å². The van der Waals surface area contributed by atoms with E-state index < -0.39 is 6.10 Å². The number of hydrogen-bond acceptors (Lipinski definition) is 6. The standard InChI is InChI=1S/C59H106O6/c1-4-7-10-13-16-19-22-25-28-29-30-32-34-37-40-43-46-49-52-58(61)64-55-56(54-63-57(60)51-48-45-42-39-36-33-27-24-21-18-15-12-9-6-3)65-59(62)53-50-47-44-41-38-35-31-26-23-20-17-14-11-8-5-2/h20,23,28-30,32-33,36,56H,4-19,21-22,24-27,31,34-35,37-55H2,1-3H3/b23-20-,29-28-,32-30-,36-33-. The lowest BCUT2D eigenvalue weighted by Crippen LogP contribution is -2.30. The summed E-state index contributed by atoms with van der Waals surface area (Å²) in [5, 5.41) is 0. The first-order chi connectivity index (χ1) is 32.0. The Morgan fingerprint density at radius 2 is 0.554 bits per heavy atom. The van der Waals surface area contributed by atoms with Crippen LogP contribution in [0.5, 0.6) is 0 Å². The van der Waals surface area contributed by atoms with Crippen molar-refractivity contribution >= 4 is 17.9 Å². The molecule has 378 valence electrons. The van der Waals surface area contributed by atoms with E-state index in [0.717, 1.165) is 89.9 Å². The predicted molar refractivity (Wildman–Crippen MR) is 279 cm³/mol. The van der Waals surface area contributed by atoms with Crippen LogP contribution in [0.3, 0.4) is 0 Å². The van der Waals surface area contributed by atoms with E-state index in [0.29, 0.717) is 19.3 Å². The third-order valence-electron chi connectivity index (χ3n) is 12.3. The van der Waals surface area contributed by atoms with E-state index in [1.807, 2.05) is 0 Å². The molecule has 0 aliphatic heterocycles. The number of carbonyl (C=O) groups is 3. The highest BCUT2D eigenvalue weighted by molar-refractivity contribution is 5.71. The average Bonchev–Trinajstić information content (AvgIpc) is 3.30. The molecule has 6 nitrogen and oxygen atoms in total. The molecule has 0 rings (SSSR count). The maximum absolute atomic E-state index is 12.8. The van der Waals surface area contributed by atoms with Crippen LogP contribution >= 0.6 is 0 Å². The van der Waals surface area contributed by atoms with Gasteiger partial charge in [-0.2, -0.15) is 0 Å². The van der Waals surface area contributed by atoms with Gasteiger partial charge in [0.05, 0.1) is 0 Å². The van der Waals surface area contributed by atoms with Crippen molar-refractivity contribution in [3.05, 3.63) is 48.6 Å². The third kappa shape index (κ3) is 52.2. The van der Waals surface area contributed by atoms with Crippen molar-refractivity contribution < 1.29 is 28.6 Å². The predicted octanol–water partition coefficient (Wildman–Crippen LogP) is 18.7. The zero-order valence-corrected chi connectivity index (χ0v) is 43.3. The summed E-state index contributed by atoms with van der Waals surface area (Å²) in [6.45, 7) is 6.61. The Kier molecular flexibility index (Phi) is 51.8. The molecule has 0 aromatic carbocycles. The van der Waals surface area contributed by atoms with Crippen molar-refractivity contribution in [3.8, 4) is 0 Å². The summed E-state index contributed by atoms with van der Waals surface area (Å²) >= 11 is 0. The molecule has 0 heterocycles. The molecular weight excluding hydrogens is 805 g/mol. The number of rotatable bonds is 51. The normalized spacial score (nSPS) is 12.4. The highest BCUT2D eigenvalue weighted by atomic mass is 16.6. The Bertz CT molecular complexity index is 1140. The molecule has 0 saturated carbocycles. The summed E-state index contributed by atoms with van der Waals surface area (Å²) in [5.41, 5.74) is 0. The van der Waals surface area contributed by atoms with Gasteiger partial charge in [-0.3, -0.25) is 14.4 Å². The van der Waals surface area contributed by atoms with Crippen LogP contribution in [0.25, 0.3) is 0 Å². The lowest BCUT2D eigenvalue weighted by atomic mass is 10.1. The van der Waals surface area contributed by atoms with Gasteiger partial charge < -0.3 is 14.2 Å². The number of allylic oxidation sites excluding steroid dienone is 8. The van der Waals surface area contributed by atoms with Gasteiger partial charge >= 0.3 is 17.9 Å². The molecule has 0 aromatic heterocycles. The molecular formula is C59H106O6. The second kappa shape index (κ2) is 54.0. The SMILES string of the molecule is CCCCCC/C=C\CCCCCCCCCC(=O)OC(COC(=O)CCCCC/C=C\CCCCCCCCC)COC(=O)CCCCCCC/C=C\C=C/CCCCCCCCC. The highest BCUT2D eigenvalue weighted by Gasteiger charge is 2.19. The number of carbonyl (C=O) groups excluding carboxylic acids is 3. The van der Waals surface area contributed by atoms with Gasteiger partial charge in [-0.15, -0.1) is 0 Å². The lowest BCUT2D eigenvalue weighted by Gasteiger charge is -2.18. The first kappa shape index (κ1) is 62.4. The summed E-state index contributed by atoms with van der Waals surface area (Å²) in [5.74, 6) is -0.910. The molecule has 0 aromatic rings. The minimum absolute atomic E-state index is 0.0864. The smallest absolute Gasteiger partial charge is 0.306 e. The Balaban J connectivity index is 4.41. The van der Waals surface area contributed by atoms with Crippen LogP contribution in [0.15, 0.2) is 48.6 Å². The molecule has 65 heavy (non-hydrogen) atoms. The van der Waals surface area contributed by atoms with Crippen LogP contribution in [0.2, 0.25) is 0 Å². The largest absolute Gasteiger partial charge is 0.462 e. The first-order valence-corrected chi connectivity index (χ1v) is 28.2. The van der Waals surface area contributed by atoms with Crippen LogP contribution in [-0.2, 0) is 28.6 Å². The Hall–Kier alpha value is -2.63. The van der Waals surface area contributed by atoms with Crippen molar-refractivity contribution in [1.29, 1.82) is 0 Å². The number of ether oxygens (including phenoxy) is 3. The van der Waals surface area contributed by atoms with Crippen molar-refractivity contribution in [2.75, 3.05) is 13.2 Å². The molecule has 0 radical (unpaired) electrons. The van der Waals surface area contributed by atoms with E-state index in [-0.39, 0.29) is 31.1 Å². The number of hydrogen-bond donors (Lipinski definition) is 0. The van der Waals surface area contributed by atoms with Gasteiger partial charge in [0.25, 0.3) is 0 Å². The molecule has 0 N–H and O–H groups in total. The zero-order chi connectivity index (χ0) is 47.2. The first-order valence-electron chi connectivity index (χ1n) is 28.2. The molecule has 6 heteroatoms. The van der Waals surface area contributed by atoms with Gasteiger partial charge in [0.15, 0.2) is 6.10 Å². The molecule has 1 unspecified atom stereocenters. The molecule has 0 aliphatic rings. The zero-order valence-electron chi connectivity index (χ0n) is 43.3. The second-order valence-corrected chi connectivity index (χ2v) is 18.9. The molecule has 0 aliphatic carbocycles. The molecule has 0 saturated heterocycles. The molecule has 0 amide bonds. The highest BCUT2D eigenvalue weighted by Crippen LogP contribution is 2.15. The minimum Gasteiger partial charge on any atom is -0.462 e. The van der Waals surface area contributed by atoms with Crippen LogP contribution in [0, 0.1) is 0 Å². The van der Waals surface area contributed by atoms with E-state index in [1.54, 1.807) is 0 Å². The average molecular weight is 911 g/mol. The quantitative estimate of drug-likeness (QED) is 0.0199. The summed E-state index contributed by atoms with van der Waals surface area (Å²) in [6.07, 6.45) is 65.2. The fraction of sp³-hybridized carbons (Fsp3) is 0.814. The Morgan fingerprint density at radius 1 is 0.308 bits per heavy atom. The van der Waals surface area contributed by atoms with Crippen molar-refractivity contribution in [2.45, 2.75) is 297 Å². The van der Waals surface area contributed by atoms with E-state index in [4.69, 9.17) is 14.2 Å². The maximum atomic E-state index is 12.8. The summed E-state index contributed by atoms with van der Waals surface area (Å²) < 4.78 is 16.8. The van der Waals surface area contributed by atoms with Crippen LogP contribution < -0.4 is 0 Å². The molecule has 0 bridgehead atoms.